The van der Waals surface area contributed by atoms with Crippen LogP contribution < -0.4 is 0 Å². The molecule has 0 saturated heterocycles. The summed E-state index contributed by atoms with van der Waals surface area (Å²) in [4.78, 5) is 17.3. The lowest BCUT2D eigenvalue weighted by Gasteiger charge is -2.03. The van der Waals surface area contributed by atoms with Gasteiger partial charge in [0.05, 0.1) is 6.16 Å². The van der Waals surface area contributed by atoms with Gasteiger partial charge in [0.1, 0.15) is 0 Å². The summed E-state index contributed by atoms with van der Waals surface area (Å²) >= 11 is 0. The fourth-order valence-corrected chi connectivity index (χ4v) is 1.64. The zero-order valence-electron chi connectivity index (χ0n) is 7.76. The maximum absolute atomic E-state index is 10.6. The van der Waals surface area contributed by atoms with E-state index in [1.807, 2.05) is 24.3 Å². The largest absolute Gasteiger partial charge is 0.325 e. The van der Waals surface area contributed by atoms with E-state index in [1.165, 1.54) is 0 Å². The van der Waals surface area contributed by atoms with Crippen molar-refractivity contribution in [1.82, 2.24) is 0 Å². The number of rotatable bonds is 4. The van der Waals surface area contributed by atoms with Gasteiger partial charge in [0.25, 0.3) is 0 Å². The smallest absolute Gasteiger partial charge is 0.324 e. The van der Waals surface area contributed by atoms with Gasteiger partial charge in [0.2, 0.25) is 0 Å². The molecule has 1 rings (SSSR count). The number of hydrogen-bond donors (Lipinski definition) is 2. The first-order valence-electron chi connectivity index (χ1n) is 4.27. The molecule has 0 unspecified atom stereocenters. The molecule has 14 heavy (non-hydrogen) atoms. The fourth-order valence-electron chi connectivity index (χ4n) is 1.10. The van der Waals surface area contributed by atoms with Gasteiger partial charge in [-0.2, -0.15) is 0 Å². The van der Waals surface area contributed by atoms with E-state index in [0.29, 0.717) is 6.42 Å². The molecule has 0 aliphatic heterocycles. The summed E-state index contributed by atoms with van der Waals surface area (Å²) in [7, 11) is -3.87. The Kier molecular flexibility index (Phi) is 3.64. The molecule has 0 aliphatic rings. The van der Waals surface area contributed by atoms with Crippen LogP contribution in [0.3, 0.4) is 0 Å². The molecule has 0 spiro atoms. The van der Waals surface area contributed by atoms with Crippen molar-refractivity contribution in [2.75, 3.05) is 6.16 Å². The Morgan fingerprint density at radius 3 is 2.29 bits per heavy atom. The Balaban J connectivity index is 2.60. The van der Waals surface area contributed by atoms with Gasteiger partial charge in [-0.1, -0.05) is 36.9 Å². The van der Waals surface area contributed by atoms with Crippen molar-refractivity contribution >= 4 is 13.7 Å². The molecule has 0 atom stereocenters. The number of aryl methyl sites for hydroxylation is 1. The molecule has 3 nitrogen and oxygen atoms in total. The van der Waals surface area contributed by atoms with Crippen LogP contribution in [0, 0.1) is 0 Å². The fraction of sp³-hybridized carbons (Fsp3) is 0.200. The summed E-state index contributed by atoms with van der Waals surface area (Å²) < 4.78 is 10.6. The number of benzene rings is 1. The highest BCUT2D eigenvalue weighted by Crippen LogP contribution is 2.34. The van der Waals surface area contributed by atoms with Crippen molar-refractivity contribution in [3.8, 4) is 0 Å². The highest BCUT2D eigenvalue weighted by molar-refractivity contribution is 7.51. The Bertz CT molecular complexity index is 350. The van der Waals surface area contributed by atoms with Gasteiger partial charge in [0, 0.05) is 0 Å². The third kappa shape index (κ3) is 3.88. The van der Waals surface area contributed by atoms with Crippen molar-refractivity contribution in [3.63, 3.8) is 0 Å². The monoisotopic (exact) mass is 212 g/mol. The van der Waals surface area contributed by atoms with Crippen molar-refractivity contribution in [1.29, 1.82) is 0 Å². The van der Waals surface area contributed by atoms with E-state index in [-0.39, 0.29) is 6.16 Å². The van der Waals surface area contributed by atoms with Gasteiger partial charge in [-0.25, -0.2) is 0 Å². The number of hydrogen-bond acceptors (Lipinski definition) is 1. The van der Waals surface area contributed by atoms with Crippen LogP contribution in [0.1, 0.15) is 11.1 Å². The SMILES string of the molecule is C=Cc1ccc(CCP(=O)(O)O)cc1. The molecular formula is C10H13O3P. The molecule has 0 fully saturated rings. The van der Waals surface area contributed by atoms with Crippen molar-refractivity contribution in [2.24, 2.45) is 0 Å². The average molecular weight is 212 g/mol. The minimum atomic E-state index is -3.87. The second kappa shape index (κ2) is 4.56. The normalized spacial score (nSPS) is 11.3. The molecule has 0 bridgehead atoms. The highest BCUT2D eigenvalue weighted by Gasteiger charge is 2.11. The quantitative estimate of drug-likeness (QED) is 0.751. The maximum atomic E-state index is 10.6. The molecular weight excluding hydrogens is 199 g/mol. The first-order chi connectivity index (χ1) is 6.51. The average Bonchev–Trinajstić information content (AvgIpc) is 2.14. The molecule has 4 heteroatoms. The molecule has 76 valence electrons. The molecule has 0 aliphatic carbocycles. The molecule has 1 aromatic carbocycles. The van der Waals surface area contributed by atoms with Gasteiger partial charge in [0.15, 0.2) is 0 Å². The van der Waals surface area contributed by atoms with Gasteiger partial charge in [-0.3, -0.25) is 4.57 Å². The topological polar surface area (TPSA) is 57.5 Å². The predicted molar refractivity (Wildman–Crippen MR) is 57.1 cm³/mol. The summed E-state index contributed by atoms with van der Waals surface area (Å²) in [5, 5.41) is 0. The highest BCUT2D eigenvalue weighted by atomic mass is 31.2. The molecule has 1 aromatic rings. The Hall–Kier alpha value is -0.890. The van der Waals surface area contributed by atoms with Crippen LogP contribution in [0.15, 0.2) is 30.8 Å². The van der Waals surface area contributed by atoms with Crippen LogP contribution in [0.5, 0.6) is 0 Å². The first kappa shape index (κ1) is 11.2. The van der Waals surface area contributed by atoms with E-state index < -0.39 is 7.60 Å². The van der Waals surface area contributed by atoms with Crippen LogP contribution in [0.25, 0.3) is 6.08 Å². The van der Waals surface area contributed by atoms with Crippen LogP contribution in [0.2, 0.25) is 0 Å². The van der Waals surface area contributed by atoms with E-state index >= 15 is 0 Å². The van der Waals surface area contributed by atoms with Crippen molar-refractivity contribution in [2.45, 2.75) is 6.42 Å². The van der Waals surface area contributed by atoms with E-state index in [4.69, 9.17) is 9.79 Å². The molecule has 0 radical (unpaired) electrons. The van der Waals surface area contributed by atoms with Gasteiger partial charge in [-0.15, -0.1) is 0 Å². The Labute approximate surface area is 83.3 Å². The molecule has 0 amide bonds. The first-order valence-corrected chi connectivity index (χ1v) is 6.07. The minimum Gasteiger partial charge on any atom is -0.324 e. The Morgan fingerprint density at radius 2 is 1.86 bits per heavy atom. The standard InChI is InChI=1S/C10H13O3P/c1-2-9-3-5-10(6-4-9)7-8-14(11,12)13/h2-6H,1,7-8H2,(H2,11,12,13). The maximum Gasteiger partial charge on any atom is 0.325 e. The van der Waals surface area contributed by atoms with E-state index in [1.54, 1.807) is 6.08 Å². The molecule has 0 heterocycles. The summed E-state index contributed by atoms with van der Waals surface area (Å²) in [6, 6.07) is 7.46. The molecule has 0 aromatic heterocycles. The second-order valence-corrected chi connectivity index (χ2v) is 4.86. The van der Waals surface area contributed by atoms with E-state index in [0.717, 1.165) is 11.1 Å². The van der Waals surface area contributed by atoms with Gasteiger partial charge >= 0.3 is 7.60 Å². The lowest BCUT2D eigenvalue weighted by molar-refractivity contribution is 0.373. The van der Waals surface area contributed by atoms with Gasteiger partial charge < -0.3 is 9.79 Å². The summed E-state index contributed by atoms with van der Waals surface area (Å²) in [5.41, 5.74) is 1.93. The third-order valence-corrected chi connectivity index (χ3v) is 2.71. The van der Waals surface area contributed by atoms with E-state index in [2.05, 4.69) is 6.58 Å². The van der Waals surface area contributed by atoms with Crippen molar-refractivity contribution in [3.05, 3.63) is 42.0 Å². The van der Waals surface area contributed by atoms with Crippen LogP contribution >= 0.6 is 7.60 Å². The van der Waals surface area contributed by atoms with Crippen molar-refractivity contribution < 1.29 is 14.4 Å². The van der Waals surface area contributed by atoms with Crippen LogP contribution in [-0.2, 0) is 11.0 Å². The minimum absolute atomic E-state index is 0.0968. The van der Waals surface area contributed by atoms with Crippen LogP contribution in [0.4, 0.5) is 0 Å². The molecule has 2 N–H and O–H groups in total. The zero-order chi connectivity index (χ0) is 10.6. The second-order valence-electron chi connectivity index (χ2n) is 3.08. The lowest BCUT2D eigenvalue weighted by Crippen LogP contribution is -1.93. The summed E-state index contributed by atoms with van der Waals surface area (Å²) in [6.07, 6.45) is 2.04. The summed E-state index contributed by atoms with van der Waals surface area (Å²) in [5.74, 6) is 0. The van der Waals surface area contributed by atoms with Gasteiger partial charge in [-0.05, 0) is 17.5 Å². The summed E-state index contributed by atoms with van der Waals surface area (Å²) in [6.45, 7) is 3.62. The van der Waals surface area contributed by atoms with E-state index in [9.17, 15) is 4.57 Å². The van der Waals surface area contributed by atoms with Crippen LogP contribution in [-0.4, -0.2) is 15.9 Å². The molecule has 0 saturated carbocycles. The third-order valence-electron chi connectivity index (χ3n) is 1.91. The Morgan fingerprint density at radius 1 is 1.29 bits per heavy atom. The zero-order valence-corrected chi connectivity index (χ0v) is 8.65. The lowest BCUT2D eigenvalue weighted by atomic mass is 10.1. The predicted octanol–water partition coefficient (Wildman–Crippen LogP) is 2.05.